The maximum Gasteiger partial charge on any atom is 0.0857 e. The molecule has 0 spiro atoms. The first-order valence-electron chi connectivity index (χ1n) is 5.61. The van der Waals surface area contributed by atoms with Crippen LogP contribution >= 0.6 is 11.5 Å². The van der Waals surface area contributed by atoms with Crippen molar-refractivity contribution < 1.29 is 0 Å². The van der Waals surface area contributed by atoms with Gasteiger partial charge in [0.1, 0.15) is 0 Å². The van der Waals surface area contributed by atoms with Crippen LogP contribution in [0.4, 0.5) is 0 Å². The Morgan fingerprint density at radius 2 is 2.19 bits per heavy atom. The zero-order chi connectivity index (χ0) is 12.2. The molecule has 1 atom stereocenters. The first-order valence-corrected chi connectivity index (χ1v) is 6.39. The molecule has 0 saturated heterocycles. The molecule has 0 fully saturated rings. The number of rotatable bonds is 5. The molecular weight excluding hydrogens is 218 g/mol. The lowest BCUT2D eigenvalue weighted by Gasteiger charge is -2.21. The van der Waals surface area contributed by atoms with Crippen LogP contribution in [0, 0.1) is 0 Å². The molecule has 1 heterocycles. The highest BCUT2D eigenvalue weighted by atomic mass is 32.1. The number of hydrogen-bond donors (Lipinski definition) is 1. The van der Waals surface area contributed by atoms with Gasteiger partial charge in [-0.25, -0.2) is 0 Å². The zero-order valence-corrected chi connectivity index (χ0v) is 11.4. The minimum absolute atomic E-state index is 0.0611. The van der Waals surface area contributed by atoms with Crippen molar-refractivity contribution >= 4 is 11.5 Å². The van der Waals surface area contributed by atoms with Gasteiger partial charge in [-0.05, 0) is 31.4 Å². The van der Waals surface area contributed by atoms with Crippen LogP contribution in [0.25, 0.3) is 0 Å². The van der Waals surface area contributed by atoms with Crippen molar-refractivity contribution in [2.75, 3.05) is 7.05 Å². The van der Waals surface area contributed by atoms with E-state index in [2.05, 4.69) is 42.3 Å². The van der Waals surface area contributed by atoms with E-state index in [-0.39, 0.29) is 5.41 Å². The van der Waals surface area contributed by atoms with E-state index >= 15 is 0 Å². The van der Waals surface area contributed by atoms with Gasteiger partial charge in [0.25, 0.3) is 0 Å². The highest BCUT2D eigenvalue weighted by Gasteiger charge is 2.26. The average Bonchev–Trinajstić information content (AvgIpc) is 2.67. The van der Waals surface area contributed by atoms with Gasteiger partial charge in [0.15, 0.2) is 0 Å². The van der Waals surface area contributed by atoms with Gasteiger partial charge in [0, 0.05) is 11.5 Å². The summed E-state index contributed by atoms with van der Waals surface area (Å²) >= 11 is 1.50. The van der Waals surface area contributed by atoms with Crippen LogP contribution in [0.3, 0.4) is 0 Å². The molecule has 0 saturated carbocycles. The van der Waals surface area contributed by atoms with Crippen molar-refractivity contribution in [2.45, 2.75) is 45.1 Å². The summed E-state index contributed by atoms with van der Waals surface area (Å²) in [6, 6.07) is 0.340. The summed E-state index contributed by atoms with van der Waals surface area (Å²) < 4.78 is 4.09. The third-order valence-corrected chi connectivity index (χ3v) is 3.39. The van der Waals surface area contributed by atoms with Crippen LogP contribution in [0.5, 0.6) is 0 Å². The lowest BCUT2D eigenvalue weighted by atomic mass is 9.89. The quantitative estimate of drug-likeness (QED) is 0.802. The molecule has 1 unspecified atom stereocenters. The summed E-state index contributed by atoms with van der Waals surface area (Å²) in [4.78, 5) is 1.26. The Morgan fingerprint density at radius 1 is 1.50 bits per heavy atom. The molecule has 0 aliphatic rings. The maximum absolute atomic E-state index is 4.27. The lowest BCUT2D eigenvalue weighted by Crippen LogP contribution is -2.21. The molecule has 4 heteroatoms. The SMILES string of the molecule is C=CCCC(NC)c1snnc1C(C)(C)C. The smallest absolute Gasteiger partial charge is 0.0857 e. The van der Waals surface area contributed by atoms with Gasteiger partial charge in [-0.15, -0.1) is 11.7 Å². The van der Waals surface area contributed by atoms with Gasteiger partial charge >= 0.3 is 0 Å². The number of nitrogens with zero attached hydrogens (tertiary/aromatic N) is 2. The summed E-state index contributed by atoms with van der Waals surface area (Å²) in [6.45, 7) is 10.3. The minimum atomic E-state index is 0.0611. The van der Waals surface area contributed by atoms with Crippen LogP contribution in [-0.4, -0.2) is 16.6 Å². The number of allylic oxidation sites excluding steroid dienone is 1. The van der Waals surface area contributed by atoms with Crippen LogP contribution in [0.2, 0.25) is 0 Å². The summed E-state index contributed by atoms with van der Waals surface area (Å²) in [5.41, 5.74) is 1.17. The van der Waals surface area contributed by atoms with Crippen LogP contribution < -0.4 is 5.32 Å². The second-order valence-corrected chi connectivity index (χ2v) is 5.73. The Hall–Kier alpha value is -0.740. The van der Waals surface area contributed by atoms with Gasteiger partial charge in [0.2, 0.25) is 0 Å². The third kappa shape index (κ3) is 3.12. The molecule has 0 aliphatic heterocycles. The van der Waals surface area contributed by atoms with Gasteiger partial charge < -0.3 is 5.32 Å². The number of hydrogen-bond acceptors (Lipinski definition) is 4. The topological polar surface area (TPSA) is 37.8 Å². The van der Waals surface area contributed by atoms with Gasteiger partial charge in [-0.2, -0.15) is 0 Å². The Kier molecular flexibility index (Phi) is 4.62. The first kappa shape index (κ1) is 13.3. The van der Waals surface area contributed by atoms with Crippen LogP contribution in [0.1, 0.15) is 50.2 Å². The molecule has 0 amide bonds. The van der Waals surface area contributed by atoms with E-state index in [1.54, 1.807) is 0 Å². The second kappa shape index (κ2) is 5.55. The Morgan fingerprint density at radius 3 is 2.69 bits per heavy atom. The zero-order valence-electron chi connectivity index (χ0n) is 10.6. The number of nitrogens with one attached hydrogen (secondary N) is 1. The molecule has 90 valence electrons. The van der Waals surface area contributed by atoms with Crippen molar-refractivity contribution in [3.05, 3.63) is 23.2 Å². The molecule has 0 aliphatic carbocycles. The second-order valence-electron chi connectivity index (χ2n) is 4.94. The molecule has 1 N–H and O–H groups in total. The van der Waals surface area contributed by atoms with Gasteiger partial charge in [-0.1, -0.05) is 31.3 Å². The molecule has 0 radical (unpaired) electrons. The fraction of sp³-hybridized carbons (Fsp3) is 0.667. The van der Waals surface area contributed by atoms with E-state index in [1.807, 2.05) is 13.1 Å². The molecule has 1 aromatic heterocycles. The van der Waals surface area contributed by atoms with Gasteiger partial charge in [0.05, 0.1) is 10.6 Å². The third-order valence-electron chi connectivity index (χ3n) is 2.55. The number of aromatic nitrogens is 2. The van der Waals surface area contributed by atoms with Crippen LogP contribution in [-0.2, 0) is 5.41 Å². The highest BCUT2D eigenvalue weighted by Crippen LogP contribution is 2.32. The van der Waals surface area contributed by atoms with Crippen molar-refractivity contribution in [2.24, 2.45) is 0 Å². The molecule has 0 aromatic carbocycles. The predicted molar refractivity (Wildman–Crippen MR) is 69.8 cm³/mol. The highest BCUT2D eigenvalue weighted by molar-refractivity contribution is 7.05. The van der Waals surface area contributed by atoms with Crippen molar-refractivity contribution in [3.8, 4) is 0 Å². The molecule has 0 bridgehead atoms. The normalized spacial score (nSPS) is 13.8. The molecule has 3 nitrogen and oxygen atoms in total. The molecular formula is C12H21N3S. The Balaban J connectivity index is 2.92. The molecule has 16 heavy (non-hydrogen) atoms. The minimum Gasteiger partial charge on any atom is -0.312 e. The predicted octanol–water partition coefficient (Wildman–Crippen LogP) is 3.06. The van der Waals surface area contributed by atoms with Gasteiger partial charge in [-0.3, -0.25) is 0 Å². The standard InChI is InChI=1S/C12H21N3S/c1-6-7-8-9(13-5)10-11(12(2,3)4)14-15-16-10/h6,9,13H,1,7-8H2,2-5H3. The van der Waals surface area contributed by atoms with E-state index in [0.717, 1.165) is 18.5 Å². The summed E-state index contributed by atoms with van der Waals surface area (Å²) in [5.74, 6) is 0. The summed E-state index contributed by atoms with van der Waals surface area (Å²) in [6.07, 6.45) is 4.01. The molecule has 1 aromatic rings. The largest absolute Gasteiger partial charge is 0.312 e. The van der Waals surface area contributed by atoms with Crippen LogP contribution in [0.15, 0.2) is 12.7 Å². The summed E-state index contributed by atoms with van der Waals surface area (Å²) in [5, 5.41) is 7.60. The molecule has 1 rings (SSSR count). The van der Waals surface area contributed by atoms with E-state index in [9.17, 15) is 0 Å². The summed E-state index contributed by atoms with van der Waals surface area (Å²) in [7, 11) is 1.99. The fourth-order valence-electron chi connectivity index (χ4n) is 1.64. The van der Waals surface area contributed by atoms with E-state index in [4.69, 9.17) is 0 Å². The van der Waals surface area contributed by atoms with E-state index < -0.39 is 0 Å². The maximum atomic E-state index is 4.27. The Labute approximate surface area is 102 Å². The monoisotopic (exact) mass is 239 g/mol. The Bertz CT molecular complexity index is 338. The lowest BCUT2D eigenvalue weighted by molar-refractivity contribution is 0.516. The van der Waals surface area contributed by atoms with E-state index in [0.29, 0.717) is 6.04 Å². The first-order chi connectivity index (χ1) is 7.50. The van der Waals surface area contributed by atoms with Crippen molar-refractivity contribution in [1.82, 2.24) is 14.9 Å². The van der Waals surface area contributed by atoms with Crippen molar-refractivity contribution in [1.29, 1.82) is 0 Å². The average molecular weight is 239 g/mol. The van der Waals surface area contributed by atoms with E-state index in [1.165, 1.54) is 16.4 Å². The van der Waals surface area contributed by atoms with Crippen molar-refractivity contribution in [3.63, 3.8) is 0 Å². The fourth-order valence-corrected chi connectivity index (χ4v) is 2.64.